The molecular weight excluding hydrogens is 442 g/mol. The Kier molecular flexibility index (Phi) is 9.28. The van der Waals surface area contributed by atoms with Crippen molar-refractivity contribution in [2.75, 3.05) is 37.3 Å². The molecule has 0 saturated carbocycles. The number of hydrogen-bond acceptors (Lipinski definition) is 5. The maximum atomic E-state index is 13.4. The Morgan fingerprint density at radius 1 is 1.12 bits per heavy atom. The van der Waals surface area contributed by atoms with Crippen molar-refractivity contribution in [1.29, 1.82) is 0 Å². The topological polar surface area (TPSA) is 96.0 Å². The largest absolute Gasteiger partial charge is 0.495 e. The minimum Gasteiger partial charge on any atom is -0.495 e. The Morgan fingerprint density at radius 2 is 1.79 bits per heavy atom. The molecule has 0 unspecified atom stereocenters. The second kappa shape index (κ2) is 11.7. The summed E-state index contributed by atoms with van der Waals surface area (Å²) in [6.07, 6.45) is 1.58. The van der Waals surface area contributed by atoms with Gasteiger partial charge in [0.05, 0.1) is 19.1 Å². The average Bonchev–Trinajstić information content (AvgIpc) is 2.77. The number of aryl methyl sites for hydroxylation is 1. The Balaban J connectivity index is 2.37. The molecule has 0 aromatic heterocycles. The molecule has 180 valence electrons. The van der Waals surface area contributed by atoms with Crippen LogP contribution in [0.3, 0.4) is 0 Å². The van der Waals surface area contributed by atoms with Gasteiger partial charge in [0.25, 0.3) is 0 Å². The lowest BCUT2D eigenvalue weighted by atomic mass is 10.1. The fourth-order valence-electron chi connectivity index (χ4n) is 3.48. The molecule has 0 aliphatic carbocycles. The number of ether oxygens (including phenoxy) is 1. The molecule has 2 amide bonds. The lowest BCUT2D eigenvalue weighted by Crippen LogP contribution is -2.52. The van der Waals surface area contributed by atoms with Crippen LogP contribution in [0.4, 0.5) is 5.69 Å². The number of sulfonamides is 1. The predicted octanol–water partition coefficient (Wildman–Crippen LogP) is 2.37. The molecule has 1 atom stereocenters. The van der Waals surface area contributed by atoms with Gasteiger partial charge in [0.1, 0.15) is 18.3 Å². The molecule has 2 aromatic rings. The smallest absolute Gasteiger partial charge is 0.244 e. The van der Waals surface area contributed by atoms with Crippen molar-refractivity contribution in [2.45, 2.75) is 33.2 Å². The van der Waals surface area contributed by atoms with Gasteiger partial charge in [0.15, 0.2) is 0 Å². The van der Waals surface area contributed by atoms with E-state index in [0.29, 0.717) is 18.7 Å². The van der Waals surface area contributed by atoms with E-state index in [1.165, 1.54) is 12.0 Å². The van der Waals surface area contributed by atoms with Gasteiger partial charge in [0, 0.05) is 13.1 Å². The molecule has 0 heterocycles. The fourth-order valence-corrected chi connectivity index (χ4v) is 4.33. The number of amides is 2. The van der Waals surface area contributed by atoms with Crippen molar-refractivity contribution < 1.29 is 22.7 Å². The molecule has 0 radical (unpaired) electrons. The summed E-state index contributed by atoms with van der Waals surface area (Å²) < 4.78 is 31.7. The van der Waals surface area contributed by atoms with E-state index in [1.807, 2.05) is 37.3 Å². The second-order valence-electron chi connectivity index (χ2n) is 7.84. The number of carbonyl (C=O) groups is 2. The van der Waals surface area contributed by atoms with E-state index in [9.17, 15) is 18.0 Å². The summed E-state index contributed by atoms with van der Waals surface area (Å²) in [6.45, 7) is 5.53. The highest BCUT2D eigenvalue weighted by molar-refractivity contribution is 7.92. The zero-order valence-corrected chi connectivity index (χ0v) is 20.7. The molecular formula is C24H33N3O5S. The monoisotopic (exact) mass is 475 g/mol. The lowest BCUT2D eigenvalue weighted by Gasteiger charge is -2.31. The molecule has 0 fully saturated rings. The van der Waals surface area contributed by atoms with Gasteiger partial charge in [-0.15, -0.1) is 0 Å². The lowest BCUT2D eigenvalue weighted by molar-refractivity contribution is -0.138. The van der Waals surface area contributed by atoms with E-state index in [2.05, 4.69) is 5.32 Å². The van der Waals surface area contributed by atoms with Crippen molar-refractivity contribution in [3.05, 3.63) is 59.7 Å². The zero-order chi connectivity index (χ0) is 24.6. The van der Waals surface area contributed by atoms with E-state index >= 15 is 0 Å². The van der Waals surface area contributed by atoms with Gasteiger partial charge < -0.3 is 15.0 Å². The summed E-state index contributed by atoms with van der Waals surface area (Å²) in [4.78, 5) is 27.4. The summed E-state index contributed by atoms with van der Waals surface area (Å²) >= 11 is 0. The highest BCUT2D eigenvalue weighted by atomic mass is 32.2. The number of nitrogens with zero attached hydrogens (tertiary/aromatic N) is 2. The van der Waals surface area contributed by atoms with Crippen LogP contribution >= 0.6 is 0 Å². The summed E-state index contributed by atoms with van der Waals surface area (Å²) in [5.41, 5.74) is 2.12. The van der Waals surface area contributed by atoms with Gasteiger partial charge in [-0.1, -0.05) is 36.4 Å². The van der Waals surface area contributed by atoms with Crippen LogP contribution in [0.25, 0.3) is 0 Å². The van der Waals surface area contributed by atoms with Crippen LogP contribution < -0.4 is 14.4 Å². The van der Waals surface area contributed by atoms with E-state index in [1.54, 1.807) is 32.0 Å². The minimum absolute atomic E-state index is 0.268. The normalized spacial score (nSPS) is 12.0. The first-order valence-electron chi connectivity index (χ1n) is 10.8. The molecule has 2 rings (SSSR count). The van der Waals surface area contributed by atoms with Gasteiger partial charge in [-0.3, -0.25) is 13.9 Å². The Labute approximate surface area is 196 Å². The molecule has 0 aliphatic rings. The van der Waals surface area contributed by atoms with Crippen LogP contribution in [-0.4, -0.2) is 64.2 Å². The summed E-state index contributed by atoms with van der Waals surface area (Å²) in [7, 11) is -2.37. The number of hydrogen-bond donors (Lipinski definition) is 1. The number of benzene rings is 2. The maximum absolute atomic E-state index is 13.4. The highest BCUT2D eigenvalue weighted by Crippen LogP contribution is 2.31. The molecule has 0 aliphatic heterocycles. The highest BCUT2D eigenvalue weighted by Gasteiger charge is 2.30. The van der Waals surface area contributed by atoms with Crippen molar-refractivity contribution in [2.24, 2.45) is 0 Å². The molecule has 0 spiro atoms. The van der Waals surface area contributed by atoms with E-state index in [-0.39, 0.29) is 18.1 Å². The third-order valence-corrected chi connectivity index (χ3v) is 6.41. The Bertz CT molecular complexity index is 1060. The molecule has 9 heteroatoms. The van der Waals surface area contributed by atoms with Crippen LogP contribution in [0.5, 0.6) is 5.75 Å². The molecule has 0 bridgehead atoms. The van der Waals surface area contributed by atoms with Gasteiger partial charge in [0.2, 0.25) is 21.8 Å². The molecule has 0 saturated heterocycles. The Morgan fingerprint density at radius 3 is 2.36 bits per heavy atom. The van der Waals surface area contributed by atoms with Crippen molar-refractivity contribution >= 4 is 27.5 Å². The fraction of sp³-hybridized carbons (Fsp3) is 0.417. The number of nitrogens with one attached hydrogen (secondary N) is 1. The molecule has 33 heavy (non-hydrogen) atoms. The molecule has 1 N–H and O–H groups in total. The van der Waals surface area contributed by atoms with Crippen LogP contribution in [0.1, 0.15) is 25.0 Å². The third-order valence-electron chi connectivity index (χ3n) is 5.28. The quantitative estimate of drug-likeness (QED) is 0.538. The first-order valence-corrected chi connectivity index (χ1v) is 12.7. The molecule has 8 nitrogen and oxygen atoms in total. The standard InChI is InChI=1S/C24H33N3O5S/c1-6-25-24(29)19(3)26(15-14-20-10-8-7-9-11-20)23(28)17-27(33(5,30)31)21-16-18(2)12-13-22(21)32-4/h7-13,16,19H,6,14-15,17H2,1-5H3,(H,25,29)/t19-/m1/s1. The van der Waals surface area contributed by atoms with Crippen molar-refractivity contribution in [3.63, 3.8) is 0 Å². The first kappa shape index (κ1) is 26.2. The predicted molar refractivity (Wildman–Crippen MR) is 130 cm³/mol. The summed E-state index contributed by atoms with van der Waals surface area (Å²) in [6, 6.07) is 14.0. The zero-order valence-electron chi connectivity index (χ0n) is 19.9. The number of methoxy groups -OCH3 is 1. The van der Waals surface area contributed by atoms with E-state index in [0.717, 1.165) is 21.7 Å². The number of likely N-dealkylation sites (N-methyl/N-ethyl adjacent to an activating group) is 1. The maximum Gasteiger partial charge on any atom is 0.244 e. The van der Waals surface area contributed by atoms with Gasteiger partial charge in [-0.2, -0.15) is 0 Å². The van der Waals surface area contributed by atoms with Crippen molar-refractivity contribution in [1.82, 2.24) is 10.2 Å². The van der Waals surface area contributed by atoms with E-state index < -0.39 is 28.5 Å². The van der Waals surface area contributed by atoms with Crippen LogP contribution in [0.2, 0.25) is 0 Å². The number of rotatable bonds is 11. The van der Waals surface area contributed by atoms with Crippen LogP contribution in [0, 0.1) is 6.92 Å². The number of carbonyl (C=O) groups excluding carboxylic acids is 2. The summed E-state index contributed by atoms with van der Waals surface area (Å²) in [5.74, 6) is -0.428. The molecule has 2 aromatic carbocycles. The van der Waals surface area contributed by atoms with Crippen molar-refractivity contribution in [3.8, 4) is 5.75 Å². The minimum atomic E-state index is -3.81. The SMILES string of the molecule is CCNC(=O)[C@@H](C)N(CCc1ccccc1)C(=O)CN(c1cc(C)ccc1OC)S(C)(=O)=O. The average molecular weight is 476 g/mol. The van der Waals surface area contributed by atoms with Gasteiger partial charge in [-0.25, -0.2) is 8.42 Å². The Hall–Kier alpha value is -3.07. The third kappa shape index (κ3) is 7.21. The second-order valence-corrected chi connectivity index (χ2v) is 9.75. The number of anilines is 1. The van der Waals surface area contributed by atoms with Gasteiger partial charge in [-0.05, 0) is 50.5 Å². The first-order chi connectivity index (χ1) is 15.6. The van der Waals surface area contributed by atoms with Crippen LogP contribution in [0.15, 0.2) is 48.5 Å². The van der Waals surface area contributed by atoms with E-state index in [4.69, 9.17) is 4.74 Å². The van der Waals surface area contributed by atoms with Gasteiger partial charge >= 0.3 is 0 Å². The summed E-state index contributed by atoms with van der Waals surface area (Å²) in [5, 5.41) is 2.74. The van der Waals surface area contributed by atoms with Crippen LogP contribution in [-0.2, 0) is 26.0 Å².